The van der Waals surface area contributed by atoms with Crippen molar-refractivity contribution in [2.24, 2.45) is 0 Å². The normalized spacial score (nSPS) is 17.1. The zero-order chi connectivity index (χ0) is 12.4. The van der Waals surface area contributed by atoms with Crippen LogP contribution in [0.25, 0.3) is 0 Å². The molecule has 6 nitrogen and oxygen atoms in total. The van der Waals surface area contributed by atoms with Gasteiger partial charge in [0.2, 0.25) is 5.91 Å². The van der Waals surface area contributed by atoms with Crippen molar-refractivity contribution < 1.29 is 4.79 Å². The second-order valence-electron chi connectivity index (χ2n) is 4.41. The minimum atomic E-state index is 0.137. The smallest absolute Gasteiger partial charge is 0.219 e. The van der Waals surface area contributed by atoms with E-state index >= 15 is 0 Å². The zero-order valence-electron chi connectivity index (χ0n) is 10.4. The number of anilines is 2. The van der Waals surface area contributed by atoms with Gasteiger partial charge in [0.1, 0.15) is 11.6 Å². The van der Waals surface area contributed by atoms with Crippen LogP contribution in [0, 0.1) is 6.92 Å². The number of aromatic amines is 1. The van der Waals surface area contributed by atoms with Gasteiger partial charge in [-0.3, -0.25) is 4.79 Å². The third-order valence-electron chi connectivity index (χ3n) is 3.07. The molecule has 1 saturated heterocycles. The molecule has 3 N–H and O–H groups in total. The minimum Gasteiger partial charge on any atom is -0.382 e. The number of amides is 1. The fraction of sp³-hybridized carbons (Fsp3) is 0.636. The summed E-state index contributed by atoms with van der Waals surface area (Å²) in [6, 6.07) is 0. The van der Waals surface area contributed by atoms with Crippen LogP contribution in [0.1, 0.15) is 19.2 Å². The standard InChI is InChI=1S/C11H19N5O/c1-8-13-10(12)11(14-8)16-5-3-4-15(6-7-16)9(2)17/h3-7,12H2,1-2H3,(H,13,14). The summed E-state index contributed by atoms with van der Waals surface area (Å²) in [5.41, 5.74) is 5.88. The number of rotatable bonds is 1. The van der Waals surface area contributed by atoms with Crippen LogP contribution in [0.15, 0.2) is 0 Å². The summed E-state index contributed by atoms with van der Waals surface area (Å²) in [6.07, 6.45) is 0.949. The first-order valence-electron chi connectivity index (χ1n) is 5.90. The molecular weight excluding hydrogens is 218 g/mol. The van der Waals surface area contributed by atoms with Crippen LogP contribution >= 0.6 is 0 Å². The maximum atomic E-state index is 11.3. The highest BCUT2D eigenvalue weighted by molar-refractivity contribution is 5.73. The Morgan fingerprint density at radius 3 is 2.71 bits per heavy atom. The molecular formula is C11H19N5O. The summed E-state index contributed by atoms with van der Waals surface area (Å²) in [4.78, 5) is 22.7. The van der Waals surface area contributed by atoms with Crippen molar-refractivity contribution in [2.75, 3.05) is 36.8 Å². The van der Waals surface area contributed by atoms with Gasteiger partial charge in [0.15, 0.2) is 5.82 Å². The Morgan fingerprint density at radius 1 is 1.35 bits per heavy atom. The Labute approximate surface area is 101 Å². The zero-order valence-corrected chi connectivity index (χ0v) is 10.4. The van der Waals surface area contributed by atoms with Crippen molar-refractivity contribution in [1.82, 2.24) is 14.9 Å². The van der Waals surface area contributed by atoms with E-state index in [4.69, 9.17) is 5.73 Å². The fourth-order valence-electron chi connectivity index (χ4n) is 2.18. The quantitative estimate of drug-likeness (QED) is 0.739. The predicted molar refractivity (Wildman–Crippen MR) is 66.8 cm³/mol. The van der Waals surface area contributed by atoms with Gasteiger partial charge in [0.25, 0.3) is 0 Å². The van der Waals surface area contributed by atoms with Crippen molar-refractivity contribution >= 4 is 17.5 Å². The molecule has 1 aromatic rings. The van der Waals surface area contributed by atoms with Gasteiger partial charge in [-0.25, -0.2) is 4.98 Å². The number of aryl methyl sites for hydroxylation is 1. The fourth-order valence-corrected chi connectivity index (χ4v) is 2.18. The van der Waals surface area contributed by atoms with Gasteiger partial charge in [0.05, 0.1) is 0 Å². The Morgan fingerprint density at radius 2 is 2.12 bits per heavy atom. The number of nitrogens with zero attached hydrogens (tertiary/aromatic N) is 3. The summed E-state index contributed by atoms with van der Waals surface area (Å²) < 4.78 is 0. The van der Waals surface area contributed by atoms with Crippen LogP contribution in [-0.4, -0.2) is 47.0 Å². The van der Waals surface area contributed by atoms with Crippen LogP contribution in [0.4, 0.5) is 11.6 Å². The third-order valence-corrected chi connectivity index (χ3v) is 3.07. The van der Waals surface area contributed by atoms with Crippen molar-refractivity contribution in [3.8, 4) is 0 Å². The largest absolute Gasteiger partial charge is 0.382 e. The van der Waals surface area contributed by atoms with Crippen LogP contribution in [-0.2, 0) is 4.79 Å². The molecule has 0 aromatic carbocycles. The van der Waals surface area contributed by atoms with E-state index in [1.807, 2.05) is 11.8 Å². The predicted octanol–water partition coefficient (Wildman–Crippen LogP) is 0.359. The average Bonchev–Trinajstić information content (AvgIpc) is 2.52. The first-order valence-corrected chi connectivity index (χ1v) is 5.90. The van der Waals surface area contributed by atoms with Crippen molar-refractivity contribution in [2.45, 2.75) is 20.3 Å². The van der Waals surface area contributed by atoms with Crippen molar-refractivity contribution in [1.29, 1.82) is 0 Å². The minimum absolute atomic E-state index is 0.137. The van der Waals surface area contributed by atoms with Crippen LogP contribution in [0.3, 0.4) is 0 Å². The summed E-state index contributed by atoms with van der Waals surface area (Å²) in [5.74, 6) is 2.38. The molecule has 1 aliphatic rings. The topological polar surface area (TPSA) is 78.2 Å². The number of nitrogens with one attached hydrogen (secondary N) is 1. The van der Waals surface area contributed by atoms with Crippen LogP contribution in [0.2, 0.25) is 0 Å². The molecule has 0 unspecified atom stereocenters. The molecule has 2 rings (SSSR count). The van der Waals surface area contributed by atoms with E-state index in [1.54, 1.807) is 6.92 Å². The van der Waals surface area contributed by atoms with Gasteiger partial charge in [-0.05, 0) is 13.3 Å². The molecule has 0 saturated carbocycles. The molecule has 6 heteroatoms. The molecule has 0 aliphatic carbocycles. The first kappa shape index (κ1) is 11.8. The van der Waals surface area contributed by atoms with Crippen molar-refractivity contribution in [3.05, 3.63) is 5.82 Å². The summed E-state index contributed by atoms with van der Waals surface area (Å²) >= 11 is 0. The Hall–Kier alpha value is -1.72. The second-order valence-corrected chi connectivity index (χ2v) is 4.41. The number of hydrogen-bond donors (Lipinski definition) is 2. The van der Waals surface area contributed by atoms with Gasteiger partial charge in [-0.1, -0.05) is 0 Å². The van der Waals surface area contributed by atoms with E-state index in [1.165, 1.54) is 0 Å². The molecule has 17 heavy (non-hydrogen) atoms. The lowest BCUT2D eigenvalue weighted by Crippen LogP contribution is -2.33. The van der Waals surface area contributed by atoms with E-state index in [-0.39, 0.29) is 5.91 Å². The number of carbonyl (C=O) groups excluding carboxylic acids is 1. The Bertz CT molecular complexity index is 414. The van der Waals surface area contributed by atoms with Gasteiger partial charge in [-0.2, -0.15) is 0 Å². The highest BCUT2D eigenvalue weighted by Gasteiger charge is 2.19. The highest BCUT2D eigenvalue weighted by Crippen LogP contribution is 2.21. The van der Waals surface area contributed by atoms with E-state index in [0.717, 1.165) is 44.2 Å². The number of nitrogens with two attached hydrogens (primary N) is 1. The van der Waals surface area contributed by atoms with E-state index in [0.29, 0.717) is 5.82 Å². The number of nitrogen functional groups attached to an aromatic ring is 1. The molecule has 0 atom stereocenters. The molecule has 0 spiro atoms. The molecule has 94 valence electrons. The first-order chi connectivity index (χ1) is 8.08. The van der Waals surface area contributed by atoms with Gasteiger partial charge in [-0.15, -0.1) is 0 Å². The van der Waals surface area contributed by atoms with Gasteiger partial charge < -0.3 is 20.5 Å². The lowest BCUT2D eigenvalue weighted by Gasteiger charge is -2.21. The number of aromatic nitrogens is 2. The third kappa shape index (κ3) is 2.51. The van der Waals surface area contributed by atoms with E-state index in [2.05, 4.69) is 14.9 Å². The molecule has 1 aromatic heterocycles. The maximum Gasteiger partial charge on any atom is 0.219 e. The summed E-state index contributed by atoms with van der Waals surface area (Å²) in [7, 11) is 0. The molecule has 1 amide bonds. The van der Waals surface area contributed by atoms with E-state index in [9.17, 15) is 4.79 Å². The van der Waals surface area contributed by atoms with Crippen molar-refractivity contribution in [3.63, 3.8) is 0 Å². The highest BCUT2D eigenvalue weighted by atomic mass is 16.2. The monoisotopic (exact) mass is 237 g/mol. The SMILES string of the molecule is CC(=O)N1CCCN(c2nc(C)[nH]c2N)CC1. The molecule has 1 aliphatic heterocycles. The van der Waals surface area contributed by atoms with Crippen LogP contribution in [0.5, 0.6) is 0 Å². The lowest BCUT2D eigenvalue weighted by molar-refractivity contribution is -0.128. The second kappa shape index (κ2) is 4.65. The average molecular weight is 237 g/mol. The number of imidazole rings is 1. The van der Waals surface area contributed by atoms with Gasteiger partial charge >= 0.3 is 0 Å². The van der Waals surface area contributed by atoms with Crippen LogP contribution < -0.4 is 10.6 Å². The Kier molecular flexibility index (Phi) is 3.21. The Balaban J connectivity index is 2.08. The lowest BCUT2D eigenvalue weighted by atomic mass is 10.4. The maximum absolute atomic E-state index is 11.3. The summed E-state index contributed by atoms with van der Waals surface area (Å²) in [6.45, 7) is 6.73. The molecule has 0 bridgehead atoms. The molecule has 2 heterocycles. The summed E-state index contributed by atoms with van der Waals surface area (Å²) in [5, 5.41) is 0. The molecule has 1 fully saturated rings. The van der Waals surface area contributed by atoms with E-state index < -0.39 is 0 Å². The number of hydrogen-bond acceptors (Lipinski definition) is 4. The molecule has 0 radical (unpaired) electrons. The number of H-pyrrole nitrogens is 1. The number of carbonyl (C=O) groups is 1. The van der Waals surface area contributed by atoms with Gasteiger partial charge in [0, 0.05) is 33.1 Å².